The van der Waals surface area contributed by atoms with Crippen LogP contribution < -0.4 is 5.32 Å². The molecule has 0 saturated carbocycles. The number of hydrogen-bond acceptors (Lipinski definition) is 6. The number of hydrogen-bond donors (Lipinski definition) is 2. The fraction of sp³-hybridized carbons (Fsp3) is 0.455. The molecular formula is C11H12N4O3. The number of aliphatic hydroxyl groups is 1. The Balaban J connectivity index is 1.84. The number of nitrogens with zero attached hydrogens (tertiary/aromatic N) is 3. The van der Waals surface area contributed by atoms with E-state index >= 15 is 0 Å². The summed E-state index contributed by atoms with van der Waals surface area (Å²) >= 11 is 0. The van der Waals surface area contributed by atoms with E-state index in [2.05, 4.69) is 15.3 Å². The monoisotopic (exact) mass is 248 g/mol. The molecule has 1 aromatic heterocycles. The first-order chi connectivity index (χ1) is 8.66. The minimum Gasteiger partial charge on any atom is -0.372 e. The fourth-order valence-electron chi connectivity index (χ4n) is 2.41. The number of nitrogens with one attached hydrogen (secondary N) is 1. The molecule has 2 amide bonds. The molecule has 1 aromatic rings. The SMILES string of the molecule is O=C1CCC(N2Cc3nccnc3C2O)C(=O)N1. The Hall–Kier alpha value is -1.86. The summed E-state index contributed by atoms with van der Waals surface area (Å²) in [6, 6.07) is -0.506. The van der Waals surface area contributed by atoms with Crippen LogP contribution in [0, 0.1) is 0 Å². The summed E-state index contributed by atoms with van der Waals surface area (Å²) in [6.45, 7) is 0.372. The average molecular weight is 248 g/mol. The molecule has 0 aliphatic carbocycles. The van der Waals surface area contributed by atoms with Gasteiger partial charge < -0.3 is 5.11 Å². The van der Waals surface area contributed by atoms with Crippen LogP contribution in [0.3, 0.4) is 0 Å². The number of fused-ring (bicyclic) bond motifs is 1. The van der Waals surface area contributed by atoms with Crippen LogP contribution >= 0.6 is 0 Å². The van der Waals surface area contributed by atoms with Crippen molar-refractivity contribution in [3.05, 3.63) is 23.8 Å². The van der Waals surface area contributed by atoms with Gasteiger partial charge >= 0.3 is 0 Å². The molecule has 2 N–H and O–H groups in total. The summed E-state index contributed by atoms with van der Waals surface area (Å²) in [4.78, 5) is 32.7. The summed E-state index contributed by atoms with van der Waals surface area (Å²) in [5.74, 6) is -0.628. The van der Waals surface area contributed by atoms with Gasteiger partial charge in [0.05, 0.1) is 11.7 Å². The van der Waals surface area contributed by atoms with E-state index in [-0.39, 0.29) is 18.2 Å². The van der Waals surface area contributed by atoms with E-state index in [0.717, 1.165) is 0 Å². The van der Waals surface area contributed by atoms with Gasteiger partial charge in [0.25, 0.3) is 0 Å². The smallest absolute Gasteiger partial charge is 0.244 e. The number of rotatable bonds is 1. The van der Waals surface area contributed by atoms with Crippen molar-refractivity contribution < 1.29 is 14.7 Å². The summed E-state index contributed by atoms with van der Waals surface area (Å²) in [7, 11) is 0. The zero-order chi connectivity index (χ0) is 12.7. The van der Waals surface area contributed by atoms with E-state index < -0.39 is 12.3 Å². The second-order valence-electron chi connectivity index (χ2n) is 4.40. The summed E-state index contributed by atoms with van der Waals surface area (Å²) in [5, 5.41) is 12.4. The molecule has 0 radical (unpaired) electrons. The third-order valence-corrected chi connectivity index (χ3v) is 3.31. The summed E-state index contributed by atoms with van der Waals surface area (Å²) < 4.78 is 0. The maximum Gasteiger partial charge on any atom is 0.244 e. The Kier molecular flexibility index (Phi) is 2.57. The molecule has 1 fully saturated rings. The molecule has 7 nitrogen and oxygen atoms in total. The Morgan fingerprint density at radius 3 is 2.83 bits per heavy atom. The number of amides is 2. The molecular weight excluding hydrogens is 236 g/mol. The fourth-order valence-corrected chi connectivity index (χ4v) is 2.41. The van der Waals surface area contributed by atoms with Crippen molar-refractivity contribution in [1.82, 2.24) is 20.2 Å². The van der Waals surface area contributed by atoms with Crippen molar-refractivity contribution in [3.8, 4) is 0 Å². The van der Waals surface area contributed by atoms with Crippen LogP contribution in [0.5, 0.6) is 0 Å². The highest BCUT2D eigenvalue weighted by Gasteiger charge is 2.40. The van der Waals surface area contributed by atoms with E-state index in [9.17, 15) is 14.7 Å². The predicted molar refractivity (Wildman–Crippen MR) is 58.7 cm³/mol. The minimum atomic E-state index is -0.933. The molecule has 2 aliphatic rings. The Labute approximate surface area is 103 Å². The molecule has 2 atom stereocenters. The first-order valence-electron chi connectivity index (χ1n) is 5.74. The van der Waals surface area contributed by atoms with Gasteiger partial charge in [-0.05, 0) is 6.42 Å². The van der Waals surface area contributed by atoms with Gasteiger partial charge in [0.1, 0.15) is 5.69 Å². The van der Waals surface area contributed by atoms with Gasteiger partial charge in [0.2, 0.25) is 11.8 Å². The quantitative estimate of drug-likeness (QED) is 0.625. The van der Waals surface area contributed by atoms with Crippen LogP contribution in [0.25, 0.3) is 0 Å². The topological polar surface area (TPSA) is 95.4 Å². The lowest BCUT2D eigenvalue weighted by atomic mass is 10.0. The number of piperidine rings is 1. The molecule has 18 heavy (non-hydrogen) atoms. The molecule has 1 saturated heterocycles. The second-order valence-corrected chi connectivity index (χ2v) is 4.40. The number of aromatic nitrogens is 2. The third kappa shape index (κ3) is 1.68. The number of imide groups is 1. The van der Waals surface area contributed by atoms with Crippen LogP contribution in [-0.2, 0) is 16.1 Å². The van der Waals surface area contributed by atoms with Crippen LogP contribution in [0.2, 0.25) is 0 Å². The molecule has 0 aromatic carbocycles. The van der Waals surface area contributed by atoms with Crippen LogP contribution in [0.1, 0.15) is 30.5 Å². The Morgan fingerprint density at radius 2 is 2.11 bits per heavy atom. The zero-order valence-corrected chi connectivity index (χ0v) is 9.54. The van der Waals surface area contributed by atoms with E-state index in [4.69, 9.17) is 0 Å². The van der Waals surface area contributed by atoms with Crippen molar-refractivity contribution in [2.45, 2.75) is 31.7 Å². The Morgan fingerprint density at radius 1 is 1.33 bits per heavy atom. The van der Waals surface area contributed by atoms with Crippen LogP contribution in [0.4, 0.5) is 0 Å². The van der Waals surface area contributed by atoms with E-state index in [0.29, 0.717) is 24.4 Å². The van der Waals surface area contributed by atoms with Gasteiger partial charge in [-0.25, -0.2) is 0 Å². The third-order valence-electron chi connectivity index (χ3n) is 3.31. The first kappa shape index (κ1) is 11.2. The van der Waals surface area contributed by atoms with E-state index in [1.165, 1.54) is 6.20 Å². The van der Waals surface area contributed by atoms with E-state index in [1.807, 2.05) is 0 Å². The van der Waals surface area contributed by atoms with Crippen LogP contribution in [0.15, 0.2) is 12.4 Å². The maximum absolute atomic E-state index is 11.8. The normalized spacial score (nSPS) is 28.1. The summed E-state index contributed by atoms with van der Waals surface area (Å²) in [5.41, 5.74) is 1.16. The highest BCUT2D eigenvalue weighted by molar-refractivity contribution is 6.00. The maximum atomic E-state index is 11.8. The van der Waals surface area contributed by atoms with Gasteiger partial charge in [-0.3, -0.25) is 29.8 Å². The molecule has 0 spiro atoms. The number of aliphatic hydroxyl groups excluding tert-OH is 1. The van der Waals surface area contributed by atoms with Crippen molar-refractivity contribution >= 4 is 11.8 Å². The highest BCUT2D eigenvalue weighted by atomic mass is 16.3. The van der Waals surface area contributed by atoms with Crippen molar-refractivity contribution in [1.29, 1.82) is 0 Å². The van der Waals surface area contributed by atoms with Gasteiger partial charge in [0.15, 0.2) is 6.23 Å². The van der Waals surface area contributed by atoms with Gasteiger partial charge in [-0.1, -0.05) is 0 Å². The van der Waals surface area contributed by atoms with Gasteiger partial charge in [0, 0.05) is 25.4 Å². The van der Waals surface area contributed by atoms with Gasteiger partial charge in [-0.15, -0.1) is 0 Å². The zero-order valence-electron chi connectivity index (χ0n) is 9.54. The lowest BCUT2D eigenvalue weighted by Crippen LogP contribution is -2.51. The lowest BCUT2D eigenvalue weighted by molar-refractivity contribution is -0.141. The van der Waals surface area contributed by atoms with Crippen molar-refractivity contribution in [3.63, 3.8) is 0 Å². The van der Waals surface area contributed by atoms with E-state index in [1.54, 1.807) is 11.1 Å². The predicted octanol–water partition coefficient (Wildman–Crippen LogP) is -0.912. The molecule has 2 aliphatic heterocycles. The number of carbonyl (C=O) groups excluding carboxylic acids is 2. The molecule has 3 heterocycles. The minimum absolute atomic E-state index is 0.265. The molecule has 0 bridgehead atoms. The van der Waals surface area contributed by atoms with Crippen molar-refractivity contribution in [2.24, 2.45) is 0 Å². The lowest BCUT2D eigenvalue weighted by Gasteiger charge is -2.31. The standard InChI is InChI=1S/C11H12N4O3/c16-8-2-1-7(10(17)14-8)15-5-6-9(11(15)18)13-4-3-12-6/h3-4,7,11,18H,1-2,5H2,(H,14,16,17). The molecule has 3 rings (SSSR count). The second kappa shape index (κ2) is 4.11. The largest absolute Gasteiger partial charge is 0.372 e. The van der Waals surface area contributed by atoms with Gasteiger partial charge in [-0.2, -0.15) is 0 Å². The molecule has 7 heteroatoms. The highest BCUT2D eigenvalue weighted by Crippen LogP contribution is 2.32. The molecule has 94 valence electrons. The first-order valence-corrected chi connectivity index (χ1v) is 5.74. The van der Waals surface area contributed by atoms with Crippen molar-refractivity contribution in [2.75, 3.05) is 0 Å². The summed E-state index contributed by atoms with van der Waals surface area (Å²) in [6.07, 6.45) is 2.83. The average Bonchev–Trinajstić information content (AvgIpc) is 2.68. The Bertz CT molecular complexity index is 519. The van der Waals surface area contributed by atoms with Crippen LogP contribution in [-0.4, -0.2) is 37.8 Å². The number of carbonyl (C=O) groups is 2. The molecule has 2 unspecified atom stereocenters.